The number of rotatable bonds is 2. The molecule has 0 radical (unpaired) electrons. The zero-order valence-electron chi connectivity index (χ0n) is 13.1. The topological polar surface area (TPSA) is 60.9 Å². The Morgan fingerprint density at radius 1 is 1.12 bits per heavy atom. The number of aryl methyl sites for hydroxylation is 1. The molecule has 0 saturated carbocycles. The summed E-state index contributed by atoms with van der Waals surface area (Å²) in [5, 5.41) is 8.81. The molecule has 1 aromatic carbocycles. The number of nitrogens with one attached hydrogen (secondary N) is 1. The Morgan fingerprint density at radius 2 is 1.88 bits per heavy atom. The standard InChI is InChI=1S/C16H16BrClN6/c1-10-2-3-11(18)8-12(10)23-4-6-24(7-5-23)16-13-14(17)21-22-15(13)19-9-20-16/h2-3,8-9H,4-7H2,1H3,(H,19,20,21,22). The third-order valence-corrected chi connectivity index (χ3v) is 5.19. The molecule has 1 N–H and O–H groups in total. The van der Waals surface area contributed by atoms with Gasteiger partial charge in [-0.2, -0.15) is 5.10 Å². The maximum atomic E-state index is 6.16. The van der Waals surface area contributed by atoms with Gasteiger partial charge in [0, 0.05) is 36.9 Å². The Balaban J connectivity index is 1.58. The van der Waals surface area contributed by atoms with Crippen molar-refractivity contribution in [2.45, 2.75) is 6.92 Å². The highest BCUT2D eigenvalue weighted by Crippen LogP contribution is 2.30. The van der Waals surface area contributed by atoms with Crippen molar-refractivity contribution in [1.29, 1.82) is 0 Å². The van der Waals surface area contributed by atoms with E-state index in [9.17, 15) is 0 Å². The lowest BCUT2D eigenvalue weighted by Crippen LogP contribution is -2.47. The van der Waals surface area contributed by atoms with E-state index in [1.165, 1.54) is 11.3 Å². The molecule has 24 heavy (non-hydrogen) atoms. The quantitative estimate of drug-likeness (QED) is 0.705. The van der Waals surface area contributed by atoms with Crippen LogP contribution in [-0.4, -0.2) is 46.3 Å². The van der Waals surface area contributed by atoms with Crippen LogP contribution < -0.4 is 9.80 Å². The second-order valence-corrected chi connectivity index (χ2v) is 7.07. The summed E-state index contributed by atoms with van der Waals surface area (Å²) in [5.41, 5.74) is 3.13. The second kappa shape index (κ2) is 6.22. The van der Waals surface area contributed by atoms with E-state index >= 15 is 0 Å². The number of hydrogen-bond donors (Lipinski definition) is 1. The molecule has 0 atom stereocenters. The Morgan fingerprint density at radius 3 is 2.67 bits per heavy atom. The Hall–Kier alpha value is -1.86. The van der Waals surface area contributed by atoms with Crippen molar-refractivity contribution in [1.82, 2.24) is 20.2 Å². The summed E-state index contributed by atoms with van der Waals surface area (Å²) in [6.07, 6.45) is 1.57. The zero-order chi connectivity index (χ0) is 16.7. The van der Waals surface area contributed by atoms with E-state index in [1.54, 1.807) is 6.33 Å². The predicted octanol–water partition coefficient (Wildman–Crippen LogP) is 3.40. The number of benzene rings is 1. The number of H-pyrrole nitrogens is 1. The third-order valence-electron chi connectivity index (χ3n) is 4.38. The molecule has 2 aromatic heterocycles. The van der Waals surface area contributed by atoms with Crippen LogP contribution in [0, 0.1) is 6.92 Å². The summed E-state index contributed by atoms with van der Waals surface area (Å²) in [5.74, 6) is 0.920. The number of nitrogens with zero attached hydrogens (tertiary/aromatic N) is 5. The summed E-state index contributed by atoms with van der Waals surface area (Å²) < 4.78 is 0.821. The summed E-state index contributed by atoms with van der Waals surface area (Å²) in [7, 11) is 0. The van der Waals surface area contributed by atoms with Gasteiger partial charge in [-0.15, -0.1) is 0 Å². The molecule has 3 aromatic rings. The molecule has 0 bridgehead atoms. The Labute approximate surface area is 153 Å². The van der Waals surface area contributed by atoms with Crippen LogP contribution in [-0.2, 0) is 0 Å². The SMILES string of the molecule is Cc1ccc(Cl)cc1N1CCN(c2ncnc3n[nH]c(Br)c23)CC1. The smallest absolute Gasteiger partial charge is 0.187 e. The fourth-order valence-corrected chi connectivity index (χ4v) is 3.74. The van der Waals surface area contributed by atoms with Crippen molar-refractivity contribution in [2.75, 3.05) is 36.0 Å². The van der Waals surface area contributed by atoms with Gasteiger partial charge in [-0.25, -0.2) is 9.97 Å². The molecule has 0 spiro atoms. The molecule has 3 heterocycles. The van der Waals surface area contributed by atoms with Crippen molar-refractivity contribution in [2.24, 2.45) is 0 Å². The summed E-state index contributed by atoms with van der Waals surface area (Å²) in [6, 6.07) is 6.05. The molecule has 0 amide bonds. The Bertz CT molecular complexity index is 887. The first kappa shape index (κ1) is 15.7. The molecule has 0 aliphatic carbocycles. The Kier molecular flexibility index (Phi) is 4.05. The van der Waals surface area contributed by atoms with Crippen molar-refractivity contribution in [3.63, 3.8) is 0 Å². The van der Waals surface area contributed by atoms with Gasteiger partial charge in [-0.05, 0) is 40.5 Å². The van der Waals surface area contributed by atoms with E-state index in [2.05, 4.69) is 58.9 Å². The number of anilines is 2. The van der Waals surface area contributed by atoms with Gasteiger partial charge in [0.15, 0.2) is 5.65 Å². The third kappa shape index (κ3) is 2.71. The highest BCUT2D eigenvalue weighted by atomic mass is 79.9. The minimum atomic E-state index is 0.681. The first-order valence-corrected chi connectivity index (χ1v) is 8.91. The van der Waals surface area contributed by atoms with Gasteiger partial charge in [-0.1, -0.05) is 17.7 Å². The van der Waals surface area contributed by atoms with Crippen molar-refractivity contribution >= 4 is 50.1 Å². The normalized spacial score (nSPS) is 15.3. The first-order valence-electron chi connectivity index (χ1n) is 7.74. The number of aromatic nitrogens is 4. The number of fused-ring (bicyclic) bond motifs is 1. The minimum absolute atomic E-state index is 0.681. The largest absolute Gasteiger partial charge is 0.368 e. The molecule has 1 fully saturated rings. The van der Waals surface area contributed by atoms with E-state index in [0.29, 0.717) is 5.65 Å². The fraction of sp³-hybridized carbons (Fsp3) is 0.312. The van der Waals surface area contributed by atoms with Gasteiger partial charge >= 0.3 is 0 Å². The van der Waals surface area contributed by atoms with Crippen LogP contribution in [0.5, 0.6) is 0 Å². The fourth-order valence-electron chi connectivity index (χ4n) is 3.13. The van der Waals surface area contributed by atoms with E-state index in [1.807, 2.05) is 12.1 Å². The molecule has 8 heteroatoms. The first-order chi connectivity index (χ1) is 11.6. The maximum Gasteiger partial charge on any atom is 0.187 e. The molecule has 0 unspecified atom stereocenters. The molecule has 1 aliphatic rings. The van der Waals surface area contributed by atoms with Gasteiger partial charge in [0.05, 0.1) is 5.39 Å². The molecule has 124 valence electrons. The lowest BCUT2D eigenvalue weighted by Gasteiger charge is -2.37. The summed E-state index contributed by atoms with van der Waals surface area (Å²) in [4.78, 5) is 13.3. The molecule has 1 saturated heterocycles. The molecular weight excluding hydrogens is 392 g/mol. The van der Waals surface area contributed by atoms with Gasteiger partial charge in [0.25, 0.3) is 0 Å². The summed E-state index contributed by atoms with van der Waals surface area (Å²) >= 11 is 9.66. The molecule has 1 aliphatic heterocycles. The lowest BCUT2D eigenvalue weighted by atomic mass is 10.1. The van der Waals surface area contributed by atoms with Crippen LogP contribution in [0.25, 0.3) is 11.0 Å². The predicted molar refractivity (Wildman–Crippen MR) is 100.0 cm³/mol. The van der Waals surface area contributed by atoms with Gasteiger partial charge in [0.2, 0.25) is 0 Å². The average molecular weight is 408 g/mol. The molecule has 6 nitrogen and oxygen atoms in total. The minimum Gasteiger partial charge on any atom is -0.368 e. The van der Waals surface area contributed by atoms with Crippen molar-refractivity contribution in [3.05, 3.63) is 39.7 Å². The second-order valence-electron chi connectivity index (χ2n) is 5.84. The van der Waals surface area contributed by atoms with Gasteiger partial charge < -0.3 is 9.80 Å². The summed E-state index contributed by atoms with van der Waals surface area (Å²) in [6.45, 7) is 5.73. The van der Waals surface area contributed by atoms with Crippen LogP contribution in [0.15, 0.2) is 29.1 Å². The van der Waals surface area contributed by atoms with Crippen LogP contribution in [0.2, 0.25) is 5.02 Å². The van der Waals surface area contributed by atoms with E-state index < -0.39 is 0 Å². The van der Waals surface area contributed by atoms with Crippen LogP contribution in [0.3, 0.4) is 0 Å². The highest BCUT2D eigenvalue weighted by molar-refractivity contribution is 9.10. The highest BCUT2D eigenvalue weighted by Gasteiger charge is 2.23. The van der Waals surface area contributed by atoms with Gasteiger partial charge in [0.1, 0.15) is 16.7 Å². The van der Waals surface area contributed by atoms with Crippen molar-refractivity contribution in [3.8, 4) is 0 Å². The number of halogens is 2. The van der Waals surface area contributed by atoms with Crippen LogP contribution in [0.4, 0.5) is 11.5 Å². The number of piperazine rings is 1. The maximum absolute atomic E-state index is 6.16. The zero-order valence-corrected chi connectivity index (χ0v) is 15.5. The number of hydrogen-bond acceptors (Lipinski definition) is 5. The van der Waals surface area contributed by atoms with Crippen molar-refractivity contribution < 1.29 is 0 Å². The van der Waals surface area contributed by atoms with Crippen LogP contribution in [0.1, 0.15) is 5.56 Å². The average Bonchev–Trinajstić information content (AvgIpc) is 2.99. The van der Waals surface area contributed by atoms with Gasteiger partial charge in [-0.3, -0.25) is 5.10 Å². The van der Waals surface area contributed by atoms with E-state index in [-0.39, 0.29) is 0 Å². The monoisotopic (exact) mass is 406 g/mol. The number of aromatic amines is 1. The lowest BCUT2D eigenvalue weighted by molar-refractivity contribution is 0.647. The van der Waals surface area contributed by atoms with E-state index in [4.69, 9.17) is 11.6 Å². The molecule has 4 rings (SSSR count). The van der Waals surface area contributed by atoms with E-state index in [0.717, 1.165) is 47.0 Å². The van der Waals surface area contributed by atoms with Crippen LogP contribution >= 0.6 is 27.5 Å². The molecular formula is C16H16BrClN6.